The second-order valence-corrected chi connectivity index (χ2v) is 10.0. The largest absolute Gasteiger partial charge is 0.396 e. The second-order valence-electron chi connectivity index (χ2n) is 7.93. The zero-order chi connectivity index (χ0) is 26.3. The van der Waals surface area contributed by atoms with Gasteiger partial charge in [0, 0.05) is 24.3 Å². The maximum absolute atomic E-state index is 13.4. The predicted octanol–water partition coefficient (Wildman–Crippen LogP) is 3.58. The number of amides is 1. The van der Waals surface area contributed by atoms with Gasteiger partial charge in [-0.2, -0.15) is 10.2 Å². The van der Waals surface area contributed by atoms with Crippen LogP contribution in [-0.4, -0.2) is 38.9 Å². The van der Waals surface area contributed by atoms with Gasteiger partial charge in [0.1, 0.15) is 16.4 Å². The van der Waals surface area contributed by atoms with Crippen molar-refractivity contribution in [3.8, 4) is 5.82 Å². The van der Waals surface area contributed by atoms with Crippen molar-refractivity contribution >= 4 is 55.5 Å². The number of nitrogens with zero attached hydrogens (tertiary/aromatic N) is 5. The van der Waals surface area contributed by atoms with Crippen LogP contribution in [0.5, 0.6) is 0 Å². The number of hydrogen-bond donors (Lipinski definition) is 3. The van der Waals surface area contributed by atoms with Crippen molar-refractivity contribution < 1.29 is 17.6 Å². The van der Waals surface area contributed by atoms with Gasteiger partial charge in [-0.05, 0) is 48.5 Å². The number of carbonyl (C=O) groups is 1. The van der Waals surface area contributed by atoms with Crippen LogP contribution >= 0.6 is 11.6 Å². The van der Waals surface area contributed by atoms with E-state index in [-0.39, 0.29) is 21.3 Å². The molecule has 0 aliphatic rings. The minimum Gasteiger partial charge on any atom is -0.396 e. The predicted molar refractivity (Wildman–Crippen MR) is 137 cm³/mol. The van der Waals surface area contributed by atoms with Crippen molar-refractivity contribution in [3.63, 3.8) is 0 Å². The van der Waals surface area contributed by atoms with E-state index in [9.17, 15) is 17.6 Å². The first-order valence-corrected chi connectivity index (χ1v) is 12.5. The quantitative estimate of drug-likeness (QED) is 0.298. The summed E-state index contributed by atoms with van der Waals surface area (Å²) in [4.78, 5) is 16.9. The van der Waals surface area contributed by atoms with Crippen molar-refractivity contribution in [3.05, 3.63) is 83.7 Å². The summed E-state index contributed by atoms with van der Waals surface area (Å²) in [6.07, 6.45) is 4.00. The number of halogens is 2. The monoisotopic (exact) mass is 540 g/mol. The second kappa shape index (κ2) is 9.19. The van der Waals surface area contributed by atoms with E-state index < -0.39 is 21.7 Å². The van der Waals surface area contributed by atoms with Crippen molar-refractivity contribution in [2.24, 2.45) is 7.05 Å². The number of fused-ring (bicyclic) bond motifs is 1. The van der Waals surface area contributed by atoms with Gasteiger partial charge in [-0.1, -0.05) is 11.6 Å². The van der Waals surface area contributed by atoms with Crippen LogP contribution in [0.2, 0.25) is 5.02 Å². The molecule has 0 radical (unpaired) electrons. The summed E-state index contributed by atoms with van der Waals surface area (Å²) >= 11 is 5.79. The highest BCUT2D eigenvalue weighted by Crippen LogP contribution is 2.26. The third-order valence-electron chi connectivity index (χ3n) is 5.38. The fourth-order valence-corrected chi connectivity index (χ4v) is 4.83. The van der Waals surface area contributed by atoms with Crippen LogP contribution in [0.15, 0.2) is 72.0 Å². The Balaban J connectivity index is 1.39. The van der Waals surface area contributed by atoms with Crippen LogP contribution in [-0.2, 0) is 17.1 Å². The van der Waals surface area contributed by atoms with E-state index in [1.54, 1.807) is 25.2 Å². The average molecular weight is 541 g/mol. The minimum absolute atomic E-state index is 0.100. The highest BCUT2D eigenvalue weighted by molar-refractivity contribution is 7.92. The lowest BCUT2D eigenvalue weighted by Crippen LogP contribution is -2.16. The zero-order valence-corrected chi connectivity index (χ0v) is 20.6. The third kappa shape index (κ3) is 4.69. The maximum Gasteiger partial charge on any atom is 0.274 e. The van der Waals surface area contributed by atoms with E-state index in [1.807, 2.05) is 0 Å². The van der Waals surface area contributed by atoms with E-state index >= 15 is 0 Å². The molecule has 0 saturated heterocycles. The van der Waals surface area contributed by atoms with Gasteiger partial charge in [0.15, 0.2) is 5.82 Å². The molecule has 0 bridgehead atoms. The molecule has 3 aromatic heterocycles. The van der Waals surface area contributed by atoms with E-state index in [0.29, 0.717) is 28.1 Å². The molecule has 4 N–H and O–H groups in total. The van der Waals surface area contributed by atoms with Crippen LogP contribution in [0.3, 0.4) is 0 Å². The molecule has 11 nitrogen and oxygen atoms in total. The molecule has 37 heavy (non-hydrogen) atoms. The van der Waals surface area contributed by atoms with Crippen molar-refractivity contribution in [1.29, 1.82) is 0 Å². The van der Waals surface area contributed by atoms with Gasteiger partial charge in [-0.3, -0.25) is 14.2 Å². The lowest BCUT2D eigenvalue weighted by molar-refractivity contribution is 0.101. The van der Waals surface area contributed by atoms with Crippen LogP contribution in [0, 0.1) is 5.82 Å². The summed E-state index contributed by atoms with van der Waals surface area (Å²) in [7, 11) is -2.43. The molecule has 14 heteroatoms. The number of nitrogen functional groups attached to an aromatic ring is 1. The number of anilines is 3. The van der Waals surface area contributed by atoms with Gasteiger partial charge in [-0.25, -0.2) is 22.5 Å². The maximum atomic E-state index is 13.4. The number of aryl methyl sites for hydroxylation is 1. The number of pyridine rings is 1. The molecule has 0 atom stereocenters. The fourth-order valence-electron chi connectivity index (χ4n) is 3.67. The standard InChI is InChI=1S/C23H18ClFN8O3S/c1-32-21(23(34)29-13-5-7-18(25)17(24)9-13)16-6-4-14(10-20(16)30-32)31-37(35,36)15-11-28-33(12-15)22-19(26)3-2-8-27-22/h2-12,31H,26H2,1H3,(H,29,34). The normalized spacial score (nSPS) is 11.5. The molecule has 0 aliphatic heterocycles. The molecule has 0 aliphatic carbocycles. The number of sulfonamides is 1. The molecule has 5 aromatic rings. The number of nitrogens with two attached hydrogens (primary N) is 1. The number of benzene rings is 2. The van der Waals surface area contributed by atoms with E-state index in [0.717, 1.165) is 6.07 Å². The van der Waals surface area contributed by atoms with Gasteiger partial charge < -0.3 is 11.1 Å². The highest BCUT2D eigenvalue weighted by Gasteiger charge is 2.21. The van der Waals surface area contributed by atoms with Crippen LogP contribution in [0.1, 0.15) is 10.5 Å². The SMILES string of the molecule is Cn1nc2cc(NS(=O)(=O)c3cnn(-c4ncccc4N)c3)ccc2c1C(=O)Nc1ccc(F)c(Cl)c1. The summed E-state index contributed by atoms with van der Waals surface area (Å²) in [6, 6.07) is 11.7. The zero-order valence-electron chi connectivity index (χ0n) is 19.1. The molecule has 0 saturated carbocycles. The number of rotatable bonds is 6. The highest BCUT2D eigenvalue weighted by atomic mass is 35.5. The first kappa shape index (κ1) is 24.2. The first-order valence-electron chi connectivity index (χ1n) is 10.6. The number of aromatic nitrogens is 5. The summed E-state index contributed by atoms with van der Waals surface area (Å²) in [5.41, 5.74) is 7.37. The molecule has 0 fully saturated rings. The van der Waals surface area contributed by atoms with Gasteiger partial charge in [-0.15, -0.1) is 0 Å². The number of hydrogen-bond acceptors (Lipinski definition) is 7. The number of carbonyl (C=O) groups excluding carboxylic acids is 1. The third-order valence-corrected chi connectivity index (χ3v) is 7.01. The molecule has 5 rings (SSSR count). The lowest BCUT2D eigenvalue weighted by Gasteiger charge is -2.08. The van der Waals surface area contributed by atoms with Crippen molar-refractivity contribution in [2.75, 3.05) is 15.8 Å². The molecule has 3 heterocycles. The molecular weight excluding hydrogens is 523 g/mol. The summed E-state index contributed by atoms with van der Waals surface area (Å²) < 4.78 is 44.5. The number of nitrogens with one attached hydrogen (secondary N) is 2. The van der Waals surface area contributed by atoms with Gasteiger partial charge >= 0.3 is 0 Å². The molecule has 1 amide bonds. The van der Waals surface area contributed by atoms with Crippen molar-refractivity contribution in [1.82, 2.24) is 24.5 Å². The molecule has 0 unspecified atom stereocenters. The van der Waals surface area contributed by atoms with E-state index in [1.165, 1.54) is 52.2 Å². The Morgan fingerprint density at radius 2 is 1.92 bits per heavy atom. The Kier molecular flexibility index (Phi) is 6.01. The topological polar surface area (TPSA) is 150 Å². The Morgan fingerprint density at radius 1 is 1.14 bits per heavy atom. The lowest BCUT2D eigenvalue weighted by atomic mass is 10.2. The average Bonchev–Trinajstić information content (AvgIpc) is 3.46. The van der Waals surface area contributed by atoms with Gasteiger partial charge in [0.25, 0.3) is 15.9 Å². The fraction of sp³-hybridized carbons (Fsp3) is 0.0435. The van der Waals surface area contributed by atoms with E-state index in [4.69, 9.17) is 17.3 Å². The van der Waals surface area contributed by atoms with Crippen LogP contribution in [0.25, 0.3) is 16.7 Å². The molecular formula is C23H18ClFN8O3S. The smallest absolute Gasteiger partial charge is 0.274 e. The van der Waals surface area contributed by atoms with Gasteiger partial charge in [0.2, 0.25) is 0 Å². The molecule has 2 aromatic carbocycles. The van der Waals surface area contributed by atoms with Crippen LogP contribution in [0.4, 0.5) is 21.5 Å². The molecule has 188 valence electrons. The summed E-state index contributed by atoms with van der Waals surface area (Å²) in [6.45, 7) is 0. The summed E-state index contributed by atoms with van der Waals surface area (Å²) in [5.74, 6) is -0.802. The molecule has 0 spiro atoms. The Bertz CT molecular complexity index is 1780. The Hall–Kier alpha value is -4.49. The van der Waals surface area contributed by atoms with Crippen molar-refractivity contribution in [2.45, 2.75) is 4.90 Å². The Morgan fingerprint density at radius 3 is 2.68 bits per heavy atom. The van der Waals surface area contributed by atoms with Gasteiger partial charge in [0.05, 0.1) is 34.3 Å². The minimum atomic E-state index is -4.01. The Labute approximate surface area is 214 Å². The van der Waals surface area contributed by atoms with E-state index in [2.05, 4.69) is 25.2 Å². The first-order chi connectivity index (χ1) is 17.6. The van der Waals surface area contributed by atoms with Crippen LogP contribution < -0.4 is 15.8 Å². The summed E-state index contributed by atoms with van der Waals surface area (Å²) in [5, 5.41) is 11.4.